The minimum absolute atomic E-state index is 0.00541. The third-order valence-corrected chi connectivity index (χ3v) is 10.3. The Labute approximate surface area is 366 Å². The van der Waals surface area contributed by atoms with Crippen molar-refractivity contribution in [2.24, 2.45) is 29.0 Å². The van der Waals surface area contributed by atoms with E-state index in [-0.39, 0.29) is 49.7 Å². The SMILES string of the molecule is CC(C)C[C@H](NC(=O)[C@@H](N)CCCCN)C(=O)N[C@@H](CS)C(=O)N1CCC[C@H]1C(=O)NCC(=O)NCC(=O)N[C@@H](CCC(N)=O)C(=O)N[C@@H](CS)C(=O)N[C@H](C(=O)O)C(C)C. The van der Waals surface area contributed by atoms with Gasteiger partial charge in [0.2, 0.25) is 53.2 Å². The van der Waals surface area contributed by atoms with E-state index in [0.717, 1.165) is 0 Å². The lowest BCUT2D eigenvalue weighted by Gasteiger charge is -2.29. The van der Waals surface area contributed by atoms with E-state index in [1.807, 2.05) is 13.8 Å². The number of hydrogen-bond donors (Lipinski definition) is 13. The third kappa shape index (κ3) is 19.7. The number of carbonyl (C=O) groups is 10. The first kappa shape index (κ1) is 54.3. The molecule has 1 aliphatic rings. The molecule has 346 valence electrons. The monoisotopic (exact) mass is 903 g/mol. The van der Waals surface area contributed by atoms with Crippen molar-refractivity contribution in [3.05, 3.63) is 0 Å². The predicted octanol–water partition coefficient (Wildman–Crippen LogP) is -4.00. The van der Waals surface area contributed by atoms with Crippen molar-refractivity contribution in [1.82, 2.24) is 42.1 Å². The molecule has 0 bridgehead atoms. The zero-order valence-corrected chi connectivity index (χ0v) is 37.0. The summed E-state index contributed by atoms with van der Waals surface area (Å²) in [6.45, 7) is 6.25. The maximum Gasteiger partial charge on any atom is 0.326 e. The van der Waals surface area contributed by atoms with Gasteiger partial charge < -0.3 is 64.4 Å². The molecular formula is C37H65N11O11S2. The fourth-order valence-electron chi connectivity index (χ4n) is 6.14. The molecule has 0 saturated carbocycles. The van der Waals surface area contributed by atoms with Crippen LogP contribution in [0.3, 0.4) is 0 Å². The third-order valence-electron chi connectivity index (χ3n) is 9.53. The van der Waals surface area contributed by atoms with Gasteiger partial charge in [-0.2, -0.15) is 25.3 Å². The Morgan fingerprint density at radius 3 is 1.85 bits per heavy atom. The van der Waals surface area contributed by atoms with E-state index in [2.05, 4.69) is 62.5 Å². The molecule has 1 rings (SSSR count). The zero-order valence-electron chi connectivity index (χ0n) is 35.2. The summed E-state index contributed by atoms with van der Waals surface area (Å²) in [6, 6.07) is -7.96. The fourth-order valence-corrected chi connectivity index (χ4v) is 6.65. The number of amides is 9. The molecule has 0 aromatic carbocycles. The fraction of sp³-hybridized carbons (Fsp3) is 0.730. The Kier molecular flexibility index (Phi) is 25.0. The summed E-state index contributed by atoms with van der Waals surface area (Å²) in [6.07, 6.45) is 2.06. The highest BCUT2D eigenvalue weighted by Gasteiger charge is 2.38. The number of likely N-dealkylation sites (tertiary alicyclic amines) is 1. The van der Waals surface area contributed by atoms with E-state index in [1.54, 1.807) is 13.8 Å². The predicted molar refractivity (Wildman–Crippen MR) is 229 cm³/mol. The molecule has 14 N–H and O–H groups in total. The van der Waals surface area contributed by atoms with Crippen molar-refractivity contribution in [1.29, 1.82) is 0 Å². The minimum atomic E-state index is -1.40. The topological polar surface area (TPSA) is 356 Å². The summed E-state index contributed by atoms with van der Waals surface area (Å²) in [7, 11) is 0. The molecule has 61 heavy (non-hydrogen) atoms. The van der Waals surface area contributed by atoms with Crippen LogP contribution in [0.4, 0.5) is 0 Å². The van der Waals surface area contributed by atoms with Crippen molar-refractivity contribution in [2.45, 2.75) is 121 Å². The van der Waals surface area contributed by atoms with Gasteiger partial charge in [-0.1, -0.05) is 34.1 Å². The van der Waals surface area contributed by atoms with E-state index in [1.165, 1.54) is 4.90 Å². The van der Waals surface area contributed by atoms with Crippen LogP contribution in [0.1, 0.15) is 79.1 Å². The molecule has 0 radical (unpaired) electrons. The molecule has 0 aromatic rings. The molecule has 7 atom stereocenters. The normalized spacial score (nSPS) is 16.6. The molecule has 9 amide bonds. The van der Waals surface area contributed by atoms with Gasteiger partial charge in [0, 0.05) is 24.5 Å². The Morgan fingerprint density at radius 2 is 1.30 bits per heavy atom. The maximum absolute atomic E-state index is 13.6. The Balaban J connectivity index is 2.84. The highest BCUT2D eigenvalue weighted by Crippen LogP contribution is 2.19. The van der Waals surface area contributed by atoms with Gasteiger partial charge in [-0.25, -0.2) is 4.79 Å². The zero-order chi connectivity index (χ0) is 46.4. The standard InChI is InChI=1S/C37H65N11O11S2/c1-19(2)14-23(44-31(52)21(39)8-5-6-12-38)33(54)46-25(18-61)36(57)48-13-7-9-26(48)35(56)42-15-28(50)41-16-29(51)43-22(10-11-27(40)49)32(53)45-24(17-60)34(55)47-30(20(3)4)37(58)59/h19-26,30,60-61H,5-18,38-39H2,1-4H3,(H2,40,49)(H,41,50)(H,42,56)(H,43,51)(H,44,52)(H,45,53)(H,46,54)(H,47,55)(H,58,59)/t21-,22-,23-,24-,25-,26-,30-/m0/s1. The molecule has 1 fully saturated rings. The number of thiol groups is 2. The number of nitrogens with zero attached hydrogens (tertiary/aromatic N) is 1. The number of rotatable bonds is 28. The van der Waals surface area contributed by atoms with E-state index in [4.69, 9.17) is 17.2 Å². The summed E-state index contributed by atoms with van der Waals surface area (Å²) in [5, 5.41) is 26.5. The highest BCUT2D eigenvalue weighted by molar-refractivity contribution is 7.80. The van der Waals surface area contributed by atoms with Crippen LogP contribution in [0.2, 0.25) is 0 Å². The van der Waals surface area contributed by atoms with E-state index in [0.29, 0.717) is 32.2 Å². The van der Waals surface area contributed by atoms with Gasteiger partial charge >= 0.3 is 5.97 Å². The van der Waals surface area contributed by atoms with Crippen molar-refractivity contribution < 1.29 is 53.1 Å². The van der Waals surface area contributed by atoms with Crippen LogP contribution >= 0.6 is 25.3 Å². The molecule has 24 heteroatoms. The first-order valence-corrected chi connectivity index (χ1v) is 21.5. The molecule has 1 saturated heterocycles. The molecule has 0 aliphatic carbocycles. The molecule has 0 unspecified atom stereocenters. The van der Waals surface area contributed by atoms with Crippen LogP contribution < -0.4 is 54.4 Å². The molecule has 1 aliphatic heterocycles. The molecule has 0 spiro atoms. The van der Waals surface area contributed by atoms with Crippen LogP contribution in [0.15, 0.2) is 0 Å². The van der Waals surface area contributed by atoms with Gasteiger partial charge in [-0.15, -0.1) is 0 Å². The van der Waals surface area contributed by atoms with Gasteiger partial charge in [0.15, 0.2) is 0 Å². The Bertz CT molecular complexity index is 1560. The van der Waals surface area contributed by atoms with Gasteiger partial charge in [-0.3, -0.25) is 43.2 Å². The second kappa shape index (κ2) is 28.0. The van der Waals surface area contributed by atoms with Crippen molar-refractivity contribution >= 4 is 84.4 Å². The maximum atomic E-state index is 13.6. The lowest BCUT2D eigenvalue weighted by molar-refractivity contribution is -0.143. The van der Waals surface area contributed by atoms with Gasteiger partial charge in [0.1, 0.15) is 36.3 Å². The number of carboxylic acids is 1. The van der Waals surface area contributed by atoms with Gasteiger partial charge in [0.05, 0.1) is 19.1 Å². The summed E-state index contributed by atoms with van der Waals surface area (Å²) in [5.41, 5.74) is 16.8. The van der Waals surface area contributed by atoms with Gasteiger partial charge in [-0.05, 0) is 56.9 Å². The Hall–Kier alpha value is -4.68. The number of carbonyl (C=O) groups excluding carboxylic acids is 9. The Morgan fingerprint density at radius 1 is 0.721 bits per heavy atom. The first-order valence-electron chi connectivity index (χ1n) is 20.2. The minimum Gasteiger partial charge on any atom is -0.480 e. The van der Waals surface area contributed by atoms with E-state index in [9.17, 15) is 53.1 Å². The van der Waals surface area contributed by atoms with Gasteiger partial charge in [0.25, 0.3) is 0 Å². The number of hydrogen-bond acceptors (Lipinski definition) is 14. The summed E-state index contributed by atoms with van der Waals surface area (Å²) >= 11 is 8.32. The number of primary amides is 1. The largest absolute Gasteiger partial charge is 0.480 e. The second-order valence-electron chi connectivity index (χ2n) is 15.4. The van der Waals surface area contributed by atoms with Crippen molar-refractivity contribution in [3.63, 3.8) is 0 Å². The quantitative estimate of drug-likeness (QED) is 0.0263. The number of nitrogens with one attached hydrogen (secondary N) is 7. The number of unbranched alkanes of at least 4 members (excludes halogenated alkanes) is 1. The molecule has 0 aromatic heterocycles. The average Bonchev–Trinajstić information content (AvgIpc) is 3.70. The van der Waals surface area contributed by atoms with Crippen LogP contribution in [0.5, 0.6) is 0 Å². The average molecular weight is 904 g/mol. The first-order chi connectivity index (χ1) is 28.7. The number of aliphatic carboxylic acids is 1. The summed E-state index contributed by atoms with van der Waals surface area (Å²) < 4.78 is 0. The van der Waals surface area contributed by atoms with E-state index < -0.39 is 120 Å². The van der Waals surface area contributed by atoms with E-state index >= 15 is 0 Å². The summed E-state index contributed by atoms with van der Waals surface area (Å²) in [5.74, 6) is -8.77. The molecule has 1 heterocycles. The number of carboxylic acid groups (broad SMARTS) is 1. The lowest BCUT2D eigenvalue weighted by Crippen LogP contribution is -2.58. The van der Waals surface area contributed by atoms with Crippen LogP contribution in [0, 0.1) is 11.8 Å². The molecule has 22 nitrogen and oxygen atoms in total. The second-order valence-corrected chi connectivity index (χ2v) is 16.2. The van der Waals surface area contributed by atoms with Crippen molar-refractivity contribution in [2.75, 3.05) is 37.7 Å². The smallest absolute Gasteiger partial charge is 0.326 e. The van der Waals surface area contributed by atoms with Crippen LogP contribution in [-0.4, -0.2) is 149 Å². The molecular weight excluding hydrogens is 839 g/mol. The number of nitrogens with two attached hydrogens (primary N) is 3. The highest BCUT2D eigenvalue weighted by atomic mass is 32.1. The van der Waals surface area contributed by atoms with Crippen LogP contribution in [0.25, 0.3) is 0 Å². The van der Waals surface area contributed by atoms with Crippen LogP contribution in [-0.2, 0) is 47.9 Å². The lowest BCUT2D eigenvalue weighted by atomic mass is 10.0. The summed E-state index contributed by atoms with van der Waals surface area (Å²) in [4.78, 5) is 128. The van der Waals surface area contributed by atoms with Crippen molar-refractivity contribution in [3.8, 4) is 0 Å².